The number of rotatable bonds is 3. The van der Waals surface area contributed by atoms with Gasteiger partial charge in [0.1, 0.15) is 17.5 Å². The van der Waals surface area contributed by atoms with Crippen LogP contribution in [-0.4, -0.2) is 47.3 Å². The van der Waals surface area contributed by atoms with E-state index < -0.39 is 0 Å². The Morgan fingerprint density at radius 3 is 2.73 bits per heavy atom. The summed E-state index contributed by atoms with van der Waals surface area (Å²) in [5, 5.41) is 9.34. The molecule has 1 saturated heterocycles. The summed E-state index contributed by atoms with van der Waals surface area (Å²) in [6.45, 7) is 1.20. The van der Waals surface area contributed by atoms with Crippen molar-refractivity contribution in [3.8, 4) is 23.3 Å². The van der Waals surface area contributed by atoms with Gasteiger partial charge in [-0.05, 0) is 43.2 Å². The summed E-state index contributed by atoms with van der Waals surface area (Å²) in [5.74, 6) is 0.367. The molecular weight excluding hydrogens is 420 g/mol. The summed E-state index contributed by atoms with van der Waals surface area (Å²) >= 11 is 0. The van der Waals surface area contributed by atoms with Gasteiger partial charge in [0, 0.05) is 37.2 Å². The molecule has 1 aromatic carbocycles. The maximum absolute atomic E-state index is 13.0. The first-order valence-corrected chi connectivity index (χ1v) is 10.6. The fraction of sp³-hybridized carbons (Fsp3) is 0.217. The number of nitrogens with zero attached hydrogens (tertiary/aromatic N) is 7. The van der Waals surface area contributed by atoms with Gasteiger partial charge in [-0.3, -0.25) is 14.1 Å². The lowest BCUT2D eigenvalue weighted by atomic mass is 10.1. The van der Waals surface area contributed by atoms with Crippen LogP contribution < -0.4 is 5.69 Å². The third-order valence-electron chi connectivity index (χ3n) is 5.96. The molecular formula is C23H18N8O2. The molecule has 0 radical (unpaired) electrons. The number of ether oxygens (including phenoxy) is 1. The van der Waals surface area contributed by atoms with Crippen molar-refractivity contribution in [2.24, 2.45) is 0 Å². The van der Waals surface area contributed by atoms with Crippen LogP contribution in [0.1, 0.15) is 24.4 Å². The smallest absolute Gasteiger partial charge is 0.327 e. The number of nitriles is 1. The summed E-state index contributed by atoms with van der Waals surface area (Å²) in [4.78, 5) is 34.2. The predicted molar refractivity (Wildman–Crippen MR) is 120 cm³/mol. The van der Waals surface area contributed by atoms with E-state index in [-0.39, 0.29) is 11.7 Å². The number of H-pyrrole nitrogens is 1. The summed E-state index contributed by atoms with van der Waals surface area (Å²) in [7, 11) is 0. The SMILES string of the molecule is N#Cc1ccc2ncn(-c3nc(-c4ccncc4)c4[nH]c(=O)n(C5CCOCC5)c4n3)c2c1. The van der Waals surface area contributed by atoms with Crippen molar-refractivity contribution in [3.05, 3.63) is 65.1 Å². The molecule has 0 saturated carbocycles. The van der Waals surface area contributed by atoms with Gasteiger partial charge in [-0.15, -0.1) is 0 Å². The monoisotopic (exact) mass is 438 g/mol. The van der Waals surface area contributed by atoms with Crippen LogP contribution >= 0.6 is 0 Å². The first kappa shape index (κ1) is 19.3. The molecule has 5 heterocycles. The van der Waals surface area contributed by atoms with Crippen LogP contribution in [0.4, 0.5) is 0 Å². The van der Waals surface area contributed by atoms with Crippen LogP contribution in [0.5, 0.6) is 0 Å². The molecule has 4 aromatic heterocycles. The topological polar surface area (TPSA) is 127 Å². The summed E-state index contributed by atoms with van der Waals surface area (Å²) < 4.78 is 8.95. The normalized spacial score (nSPS) is 14.6. The quantitative estimate of drug-likeness (QED) is 0.459. The summed E-state index contributed by atoms with van der Waals surface area (Å²) in [6, 6.07) is 11.1. The lowest BCUT2D eigenvalue weighted by Crippen LogP contribution is -2.27. The second-order valence-corrected chi connectivity index (χ2v) is 7.88. The van der Waals surface area contributed by atoms with Crippen molar-refractivity contribution >= 4 is 22.2 Å². The average Bonchev–Trinajstić information content (AvgIpc) is 3.44. The number of fused-ring (bicyclic) bond motifs is 2. The molecule has 0 bridgehead atoms. The minimum atomic E-state index is -0.221. The third kappa shape index (κ3) is 3.18. The first-order chi connectivity index (χ1) is 16.2. The van der Waals surface area contributed by atoms with E-state index in [0.29, 0.717) is 47.1 Å². The van der Waals surface area contributed by atoms with Gasteiger partial charge in [0.05, 0.1) is 22.7 Å². The number of hydrogen-bond donors (Lipinski definition) is 1. The standard InChI is InChI=1S/C23H18N8O2/c24-12-14-1-2-17-18(11-14)30(13-26-17)22-27-19(15-3-7-25-8-4-15)20-21(29-22)31(23(32)28-20)16-5-9-33-10-6-16/h1-4,7-8,11,13,16H,5-6,9-10H2,(H,28,32). The summed E-state index contributed by atoms with van der Waals surface area (Å²) in [5.41, 5.74) is 4.23. The van der Waals surface area contributed by atoms with Gasteiger partial charge in [-0.25, -0.2) is 14.8 Å². The fourth-order valence-electron chi connectivity index (χ4n) is 4.34. The van der Waals surface area contributed by atoms with Crippen molar-refractivity contribution in [3.63, 3.8) is 0 Å². The number of hydrogen-bond acceptors (Lipinski definition) is 7. The molecule has 0 amide bonds. The van der Waals surface area contributed by atoms with Crippen LogP contribution in [0.25, 0.3) is 39.4 Å². The van der Waals surface area contributed by atoms with E-state index >= 15 is 0 Å². The maximum Gasteiger partial charge on any atom is 0.327 e. The lowest BCUT2D eigenvalue weighted by molar-refractivity contribution is 0.0697. The molecule has 1 fully saturated rings. The molecule has 10 nitrogen and oxygen atoms in total. The Labute approximate surface area is 187 Å². The molecule has 1 aliphatic rings. The molecule has 33 heavy (non-hydrogen) atoms. The van der Waals surface area contributed by atoms with Gasteiger partial charge < -0.3 is 9.72 Å². The Bertz CT molecular complexity index is 1590. The van der Waals surface area contributed by atoms with Crippen molar-refractivity contribution in [2.45, 2.75) is 18.9 Å². The molecule has 1 aliphatic heterocycles. The highest BCUT2D eigenvalue weighted by molar-refractivity contribution is 5.88. The summed E-state index contributed by atoms with van der Waals surface area (Å²) in [6.07, 6.45) is 6.46. The van der Waals surface area contributed by atoms with Crippen LogP contribution in [0, 0.1) is 11.3 Å². The number of benzene rings is 1. The minimum absolute atomic E-state index is 0.0160. The molecule has 0 unspecified atom stereocenters. The Kier molecular flexibility index (Phi) is 4.48. The van der Waals surface area contributed by atoms with Gasteiger partial charge >= 0.3 is 5.69 Å². The van der Waals surface area contributed by atoms with E-state index in [0.717, 1.165) is 23.9 Å². The number of aromatic nitrogens is 7. The van der Waals surface area contributed by atoms with Gasteiger partial charge in [-0.1, -0.05) is 0 Å². The Morgan fingerprint density at radius 1 is 1.12 bits per heavy atom. The molecule has 6 rings (SSSR count). The van der Waals surface area contributed by atoms with Gasteiger partial charge in [0.25, 0.3) is 0 Å². The van der Waals surface area contributed by atoms with E-state index in [1.54, 1.807) is 46.1 Å². The number of aromatic amines is 1. The van der Waals surface area contributed by atoms with Gasteiger partial charge in [-0.2, -0.15) is 10.2 Å². The van der Waals surface area contributed by atoms with Gasteiger partial charge in [0.2, 0.25) is 5.95 Å². The minimum Gasteiger partial charge on any atom is -0.381 e. The molecule has 5 aromatic rings. The maximum atomic E-state index is 13.0. The van der Waals surface area contributed by atoms with Crippen LogP contribution in [0.2, 0.25) is 0 Å². The van der Waals surface area contributed by atoms with Crippen molar-refractivity contribution in [1.29, 1.82) is 5.26 Å². The van der Waals surface area contributed by atoms with E-state index in [1.165, 1.54) is 0 Å². The Balaban J connectivity index is 1.65. The highest BCUT2D eigenvalue weighted by atomic mass is 16.5. The molecule has 0 aliphatic carbocycles. The van der Waals surface area contributed by atoms with Gasteiger partial charge in [0.15, 0.2) is 5.65 Å². The molecule has 0 atom stereocenters. The van der Waals surface area contributed by atoms with E-state index in [2.05, 4.69) is 21.0 Å². The van der Waals surface area contributed by atoms with E-state index in [4.69, 9.17) is 14.7 Å². The van der Waals surface area contributed by atoms with Crippen LogP contribution in [-0.2, 0) is 4.74 Å². The highest BCUT2D eigenvalue weighted by Gasteiger charge is 2.24. The molecule has 0 spiro atoms. The predicted octanol–water partition coefficient (Wildman–Crippen LogP) is 2.74. The number of nitrogens with one attached hydrogen (secondary N) is 1. The molecule has 162 valence electrons. The Morgan fingerprint density at radius 2 is 1.94 bits per heavy atom. The zero-order valence-corrected chi connectivity index (χ0v) is 17.5. The largest absolute Gasteiger partial charge is 0.381 e. The molecule has 1 N–H and O–H groups in total. The first-order valence-electron chi connectivity index (χ1n) is 10.6. The van der Waals surface area contributed by atoms with E-state index in [9.17, 15) is 10.1 Å². The fourth-order valence-corrected chi connectivity index (χ4v) is 4.34. The number of imidazole rings is 2. The van der Waals surface area contributed by atoms with Crippen molar-refractivity contribution in [1.82, 2.24) is 34.1 Å². The van der Waals surface area contributed by atoms with Crippen molar-refractivity contribution in [2.75, 3.05) is 13.2 Å². The highest BCUT2D eigenvalue weighted by Crippen LogP contribution is 2.29. The average molecular weight is 438 g/mol. The van der Waals surface area contributed by atoms with Crippen molar-refractivity contribution < 1.29 is 4.74 Å². The van der Waals surface area contributed by atoms with E-state index in [1.807, 2.05) is 12.1 Å². The Hall–Kier alpha value is -4.36. The zero-order chi connectivity index (χ0) is 22.4. The lowest BCUT2D eigenvalue weighted by Gasteiger charge is -2.23. The third-order valence-corrected chi connectivity index (χ3v) is 5.96. The second-order valence-electron chi connectivity index (χ2n) is 7.88. The van der Waals surface area contributed by atoms with Crippen LogP contribution in [0.3, 0.4) is 0 Å². The number of pyridine rings is 1. The zero-order valence-electron chi connectivity index (χ0n) is 17.5. The van der Waals surface area contributed by atoms with Crippen LogP contribution in [0.15, 0.2) is 53.8 Å². The second kappa shape index (κ2) is 7.65. The molecule has 10 heteroatoms.